The lowest BCUT2D eigenvalue weighted by atomic mass is 9.93. The zero-order valence-electron chi connectivity index (χ0n) is 19.7. The Kier molecular flexibility index (Phi) is 5.30. The summed E-state index contributed by atoms with van der Waals surface area (Å²) in [4.78, 5) is 25.1. The topological polar surface area (TPSA) is 101 Å². The van der Waals surface area contributed by atoms with Gasteiger partial charge in [-0.3, -0.25) is 9.78 Å². The molecule has 3 fully saturated rings. The number of carbonyl (C=O) groups excluding carboxylic acids is 1. The van der Waals surface area contributed by atoms with Crippen LogP contribution in [0, 0.1) is 6.92 Å². The van der Waals surface area contributed by atoms with Crippen molar-refractivity contribution in [3.8, 4) is 0 Å². The van der Waals surface area contributed by atoms with Crippen molar-refractivity contribution in [2.45, 2.75) is 48.8 Å². The van der Waals surface area contributed by atoms with Crippen LogP contribution in [-0.2, 0) is 25.0 Å². The van der Waals surface area contributed by atoms with Crippen molar-refractivity contribution in [2.24, 2.45) is 0 Å². The van der Waals surface area contributed by atoms with Crippen LogP contribution >= 0.6 is 0 Å². The quantitative estimate of drug-likeness (QED) is 0.564. The molecule has 0 spiro atoms. The molecule has 2 aliphatic carbocycles. The number of amides is 1. The smallest absolute Gasteiger partial charge is 0.264 e. The van der Waals surface area contributed by atoms with Gasteiger partial charge in [-0.05, 0) is 74.4 Å². The summed E-state index contributed by atoms with van der Waals surface area (Å²) in [6.07, 6.45) is 5.36. The number of anilines is 1. The summed E-state index contributed by atoms with van der Waals surface area (Å²) in [5.74, 6) is 0.764. The molecule has 35 heavy (non-hydrogen) atoms. The minimum atomic E-state index is -4.10. The van der Waals surface area contributed by atoms with Crippen molar-refractivity contribution in [1.29, 1.82) is 0 Å². The first-order chi connectivity index (χ1) is 16.9. The van der Waals surface area contributed by atoms with E-state index in [9.17, 15) is 13.2 Å². The Morgan fingerprint density at radius 2 is 1.91 bits per heavy atom. The third kappa shape index (κ3) is 4.06. The summed E-state index contributed by atoms with van der Waals surface area (Å²) in [5.41, 5.74) is 2.46. The van der Waals surface area contributed by atoms with Crippen LogP contribution in [0.4, 0.5) is 5.82 Å². The third-order valence-electron chi connectivity index (χ3n) is 7.30. The van der Waals surface area contributed by atoms with E-state index in [1.54, 1.807) is 24.3 Å². The Morgan fingerprint density at radius 3 is 2.63 bits per heavy atom. The maximum Gasteiger partial charge on any atom is 0.264 e. The highest BCUT2D eigenvalue weighted by molar-refractivity contribution is 7.90. The number of fused-ring (bicyclic) bond motifs is 1. The van der Waals surface area contributed by atoms with Gasteiger partial charge in [0.1, 0.15) is 5.82 Å². The Morgan fingerprint density at radius 1 is 1.14 bits per heavy atom. The maximum atomic E-state index is 13.7. The molecular formula is C26H28N4O4S. The molecule has 3 heterocycles. The van der Waals surface area contributed by atoms with E-state index in [0.717, 1.165) is 35.5 Å². The van der Waals surface area contributed by atoms with Crippen molar-refractivity contribution in [3.05, 3.63) is 59.4 Å². The zero-order chi connectivity index (χ0) is 24.2. The zero-order valence-corrected chi connectivity index (χ0v) is 20.5. The van der Waals surface area contributed by atoms with Gasteiger partial charge in [-0.2, -0.15) is 0 Å². The second-order valence-corrected chi connectivity index (χ2v) is 11.5. The number of morpholine rings is 1. The van der Waals surface area contributed by atoms with Gasteiger partial charge in [0.05, 0.1) is 29.0 Å². The van der Waals surface area contributed by atoms with Crippen LogP contribution in [0.3, 0.4) is 0 Å². The summed E-state index contributed by atoms with van der Waals surface area (Å²) in [5, 5.41) is 0.495. The van der Waals surface area contributed by atoms with Crippen molar-refractivity contribution in [3.63, 3.8) is 0 Å². The fourth-order valence-electron chi connectivity index (χ4n) is 4.97. The molecule has 0 radical (unpaired) electrons. The number of carbonyl (C=O) groups is 1. The molecule has 0 bridgehead atoms. The lowest BCUT2D eigenvalue weighted by Crippen LogP contribution is -2.42. The summed E-state index contributed by atoms with van der Waals surface area (Å²) in [6, 6.07) is 10.6. The SMILES string of the molecule is Cc1ccc2c(S(=O)(=O)NC(=O)C3(c4cc(C5CC5)cnc4N4CCOCC4)CC3)cccc2n1. The average Bonchev–Trinajstić information content (AvgIpc) is 3.77. The number of rotatable bonds is 6. The number of sulfonamides is 1. The Hall–Kier alpha value is -3.04. The molecule has 0 atom stereocenters. The van der Waals surface area contributed by atoms with Crippen LogP contribution in [-0.4, -0.2) is 50.6 Å². The molecular weight excluding hydrogens is 464 g/mol. The van der Waals surface area contributed by atoms with Gasteiger partial charge >= 0.3 is 0 Å². The Labute approximate surface area is 204 Å². The molecule has 2 saturated carbocycles. The predicted molar refractivity (Wildman–Crippen MR) is 132 cm³/mol. The molecule has 0 unspecified atom stereocenters. The van der Waals surface area contributed by atoms with E-state index in [0.29, 0.717) is 56.0 Å². The van der Waals surface area contributed by atoms with Crippen LogP contribution in [0.2, 0.25) is 0 Å². The number of nitrogens with one attached hydrogen (secondary N) is 1. The maximum absolute atomic E-state index is 13.7. The molecule has 3 aromatic rings. The van der Waals surface area contributed by atoms with Gasteiger partial charge in [0.2, 0.25) is 5.91 Å². The van der Waals surface area contributed by atoms with Gasteiger partial charge in [-0.15, -0.1) is 0 Å². The van der Waals surface area contributed by atoms with Gasteiger partial charge in [-0.1, -0.05) is 6.07 Å². The highest BCUT2D eigenvalue weighted by atomic mass is 32.2. The van der Waals surface area contributed by atoms with Crippen LogP contribution in [0.15, 0.2) is 47.5 Å². The lowest BCUT2D eigenvalue weighted by molar-refractivity contribution is -0.121. The standard InChI is InChI=1S/C26H28N4O4S/c1-17-5-8-20-22(28-17)3-2-4-23(20)35(32,33)29-25(31)26(9-10-26)21-15-19(18-6-7-18)16-27-24(21)30-11-13-34-14-12-30/h2-5,8,15-16,18H,6-7,9-14H2,1H3,(H,29,31). The predicted octanol–water partition coefficient (Wildman–Crippen LogP) is 3.19. The first kappa shape index (κ1) is 22.4. The summed E-state index contributed by atoms with van der Waals surface area (Å²) in [7, 11) is -4.10. The lowest BCUT2D eigenvalue weighted by Gasteiger charge is -2.31. The number of aromatic nitrogens is 2. The first-order valence-corrected chi connectivity index (χ1v) is 13.6. The van der Waals surface area contributed by atoms with E-state index >= 15 is 0 Å². The summed E-state index contributed by atoms with van der Waals surface area (Å²) < 4.78 is 34.7. The first-order valence-electron chi connectivity index (χ1n) is 12.1. The molecule has 2 aromatic heterocycles. The highest BCUT2D eigenvalue weighted by Gasteiger charge is 2.54. The fourth-order valence-corrected chi connectivity index (χ4v) is 6.24. The van der Waals surface area contributed by atoms with E-state index < -0.39 is 21.3 Å². The minimum Gasteiger partial charge on any atom is -0.378 e. The monoisotopic (exact) mass is 492 g/mol. The Bertz CT molecular complexity index is 1420. The molecule has 1 saturated heterocycles. The second kappa shape index (κ2) is 8.27. The highest BCUT2D eigenvalue weighted by Crippen LogP contribution is 2.53. The van der Waals surface area contributed by atoms with E-state index in [-0.39, 0.29) is 4.90 Å². The average molecular weight is 493 g/mol. The van der Waals surface area contributed by atoms with Crippen LogP contribution < -0.4 is 9.62 Å². The number of hydrogen-bond acceptors (Lipinski definition) is 7. The van der Waals surface area contributed by atoms with Crippen LogP contribution in [0.1, 0.15) is 48.4 Å². The fraction of sp³-hybridized carbons (Fsp3) is 0.423. The molecule has 1 aromatic carbocycles. The summed E-state index contributed by atoms with van der Waals surface area (Å²) >= 11 is 0. The number of hydrogen-bond donors (Lipinski definition) is 1. The number of nitrogens with zero attached hydrogens (tertiary/aromatic N) is 3. The van der Waals surface area contributed by atoms with Crippen molar-refractivity contribution >= 4 is 32.7 Å². The van der Waals surface area contributed by atoms with E-state index in [1.165, 1.54) is 6.07 Å². The van der Waals surface area contributed by atoms with Crippen molar-refractivity contribution in [2.75, 3.05) is 31.2 Å². The number of aryl methyl sites for hydroxylation is 1. The van der Waals surface area contributed by atoms with Crippen molar-refractivity contribution < 1.29 is 17.9 Å². The van der Waals surface area contributed by atoms with Gasteiger partial charge in [0.25, 0.3) is 10.0 Å². The molecule has 182 valence electrons. The summed E-state index contributed by atoms with van der Waals surface area (Å²) in [6.45, 7) is 4.46. The third-order valence-corrected chi connectivity index (χ3v) is 8.68. The van der Waals surface area contributed by atoms with Crippen molar-refractivity contribution in [1.82, 2.24) is 14.7 Å². The van der Waals surface area contributed by atoms with Crippen LogP contribution in [0.25, 0.3) is 10.9 Å². The second-order valence-electron chi connectivity index (χ2n) is 9.81. The molecule has 1 aliphatic heterocycles. The van der Waals surface area contributed by atoms with Gasteiger partial charge < -0.3 is 9.64 Å². The molecule has 1 N–H and O–H groups in total. The van der Waals surface area contributed by atoms with Crippen LogP contribution in [0.5, 0.6) is 0 Å². The number of pyridine rings is 2. The molecule has 6 rings (SSSR count). The van der Waals surface area contributed by atoms with Gasteiger partial charge in [-0.25, -0.2) is 18.1 Å². The molecule has 3 aliphatic rings. The Balaban J connectivity index is 1.36. The van der Waals surface area contributed by atoms with Gasteiger partial charge in [0, 0.05) is 35.9 Å². The number of benzene rings is 1. The van der Waals surface area contributed by atoms with E-state index in [1.807, 2.05) is 13.1 Å². The molecule has 9 heteroatoms. The van der Waals surface area contributed by atoms with E-state index in [2.05, 4.69) is 20.7 Å². The number of ether oxygens (including phenoxy) is 1. The molecule has 8 nitrogen and oxygen atoms in total. The minimum absolute atomic E-state index is 0.0601. The normalized spacial score (nSPS) is 19.5. The van der Waals surface area contributed by atoms with E-state index in [4.69, 9.17) is 9.72 Å². The molecule has 1 amide bonds. The largest absolute Gasteiger partial charge is 0.378 e. The van der Waals surface area contributed by atoms with Gasteiger partial charge in [0.15, 0.2) is 0 Å².